The molecule has 3 aromatic heterocycles. The second-order valence-electron chi connectivity index (χ2n) is 5.30. The number of halogens is 1. The number of nitrogens with zero attached hydrogens (tertiary/aromatic N) is 8. The third-order valence-corrected chi connectivity index (χ3v) is 3.96. The van der Waals surface area contributed by atoms with E-state index >= 15 is 0 Å². The van der Waals surface area contributed by atoms with Gasteiger partial charge in [0.15, 0.2) is 0 Å². The minimum Gasteiger partial charge on any atom is -0.267 e. The van der Waals surface area contributed by atoms with Crippen LogP contribution in [0.4, 0.5) is 0 Å². The highest BCUT2D eigenvalue weighted by atomic mass is 35.5. The number of imidazole rings is 1. The number of fused-ring (bicyclic) bond motifs is 2. The van der Waals surface area contributed by atoms with Crippen molar-refractivity contribution in [3.8, 4) is 11.9 Å². The zero-order valence-corrected chi connectivity index (χ0v) is 13.4. The van der Waals surface area contributed by atoms with Crippen molar-refractivity contribution >= 4 is 33.7 Å². The minimum atomic E-state index is 0.0670. The molecule has 0 saturated heterocycles. The summed E-state index contributed by atoms with van der Waals surface area (Å²) in [6.45, 7) is 0. The Bertz CT molecular complexity index is 1130. The largest absolute Gasteiger partial charge is 0.267 e. The summed E-state index contributed by atoms with van der Waals surface area (Å²) in [5.74, 6) is 0.657. The Hall–Kier alpha value is -3.39. The zero-order valence-electron chi connectivity index (χ0n) is 12.7. The van der Waals surface area contributed by atoms with Crippen LogP contribution in [-0.4, -0.2) is 39.5 Å². The molecule has 0 spiro atoms. The van der Waals surface area contributed by atoms with Gasteiger partial charge in [-0.1, -0.05) is 29.5 Å². The molecule has 5 aromatic rings. The van der Waals surface area contributed by atoms with Gasteiger partial charge < -0.3 is 0 Å². The number of hydrogen-bond donors (Lipinski definition) is 0. The van der Waals surface area contributed by atoms with Gasteiger partial charge in [-0.2, -0.15) is 19.6 Å². The molecular formula is C16H9ClN8. The third kappa shape index (κ3) is 2.23. The third-order valence-electron chi connectivity index (χ3n) is 3.79. The number of aromatic nitrogens is 8. The first kappa shape index (κ1) is 14.0. The first-order valence-electron chi connectivity index (χ1n) is 7.44. The quantitative estimate of drug-likeness (QED) is 0.487. The molecule has 0 fully saturated rings. The van der Waals surface area contributed by atoms with Crippen LogP contribution < -0.4 is 0 Å². The van der Waals surface area contributed by atoms with E-state index in [4.69, 9.17) is 11.6 Å². The smallest absolute Gasteiger partial charge is 0.258 e. The molecule has 3 heterocycles. The van der Waals surface area contributed by atoms with Gasteiger partial charge in [0.2, 0.25) is 11.2 Å². The molecule has 0 radical (unpaired) electrons. The summed E-state index contributed by atoms with van der Waals surface area (Å²) < 4.78 is 3.29. The molecule has 2 aromatic carbocycles. The van der Waals surface area contributed by atoms with Crippen LogP contribution in [0.3, 0.4) is 0 Å². The van der Waals surface area contributed by atoms with Crippen LogP contribution in [0, 0.1) is 0 Å². The van der Waals surface area contributed by atoms with E-state index < -0.39 is 0 Å². The Morgan fingerprint density at radius 1 is 0.760 bits per heavy atom. The fourth-order valence-electron chi connectivity index (χ4n) is 2.67. The van der Waals surface area contributed by atoms with Crippen molar-refractivity contribution in [2.45, 2.75) is 0 Å². The van der Waals surface area contributed by atoms with E-state index in [0.29, 0.717) is 11.9 Å². The Morgan fingerprint density at radius 3 is 2.36 bits per heavy atom. The van der Waals surface area contributed by atoms with Crippen molar-refractivity contribution in [3.63, 3.8) is 0 Å². The summed E-state index contributed by atoms with van der Waals surface area (Å²) in [5, 5.41) is 8.31. The van der Waals surface area contributed by atoms with E-state index in [2.05, 4.69) is 30.2 Å². The van der Waals surface area contributed by atoms with Gasteiger partial charge in [-0.3, -0.25) is 4.57 Å². The molecule has 0 atom stereocenters. The normalized spacial score (nSPS) is 11.4. The van der Waals surface area contributed by atoms with Gasteiger partial charge in [-0.15, -0.1) is 5.10 Å². The van der Waals surface area contributed by atoms with Crippen LogP contribution in [0.1, 0.15) is 0 Å². The zero-order chi connectivity index (χ0) is 16.8. The van der Waals surface area contributed by atoms with Crippen LogP contribution in [0.5, 0.6) is 0 Å². The first-order chi connectivity index (χ1) is 12.3. The molecule has 0 aliphatic heterocycles. The predicted octanol–water partition coefficient (Wildman–Crippen LogP) is 2.60. The second-order valence-corrected chi connectivity index (χ2v) is 5.64. The molecule has 0 saturated carbocycles. The molecule has 8 nitrogen and oxygen atoms in total. The van der Waals surface area contributed by atoms with Crippen molar-refractivity contribution in [1.82, 2.24) is 39.5 Å². The lowest BCUT2D eigenvalue weighted by Gasteiger charge is -2.05. The summed E-state index contributed by atoms with van der Waals surface area (Å²) in [6, 6.07) is 15.2. The number of rotatable bonds is 2. The van der Waals surface area contributed by atoms with Gasteiger partial charge in [0.1, 0.15) is 11.8 Å². The molecule has 0 amide bonds. The van der Waals surface area contributed by atoms with E-state index in [1.54, 1.807) is 10.9 Å². The molecule has 0 bridgehead atoms. The molecule has 5 rings (SSSR count). The molecule has 120 valence electrons. The van der Waals surface area contributed by atoms with Crippen LogP contribution in [0.2, 0.25) is 5.28 Å². The van der Waals surface area contributed by atoms with Gasteiger partial charge in [-0.25, -0.2) is 4.98 Å². The van der Waals surface area contributed by atoms with Crippen molar-refractivity contribution in [1.29, 1.82) is 0 Å². The van der Waals surface area contributed by atoms with Gasteiger partial charge >= 0.3 is 0 Å². The Balaban J connectivity index is 1.73. The second kappa shape index (κ2) is 5.32. The van der Waals surface area contributed by atoms with E-state index in [9.17, 15) is 0 Å². The SMILES string of the molecule is Clc1nc(-n2cnc3ccccc32)nc(-n2nnc3ccccc32)n1. The number of benzene rings is 2. The topological polar surface area (TPSA) is 87.2 Å². The van der Waals surface area contributed by atoms with E-state index in [1.165, 1.54) is 4.68 Å². The number of para-hydroxylation sites is 3. The summed E-state index contributed by atoms with van der Waals surface area (Å²) in [7, 11) is 0. The van der Waals surface area contributed by atoms with Gasteiger partial charge in [0.05, 0.1) is 16.6 Å². The summed E-state index contributed by atoms with van der Waals surface area (Å²) >= 11 is 6.13. The van der Waals surface area contributed by atoms with Gasteiger partial charge in [0.25, 0.3) is 5.95 Å². The molecule has 0 aliphatic carbocycles. The molecule has 0 aliphatic rings. The maximum atomic E-state index is 6.13. The van der Waals surface area contributed by atoms with E-state index in [1.807, 2.05) is 48.5 Å². The summed E-state index contributed by atoms with van der Waals surface area (Å²) in [6.07, 6.45) is 1.65. The number of hydrogen-bond acceptors (Lipinski definition) is 6. The maximum absolute atomic E-state index is 6.13. The highest BCUT2D eigenvalue weighted by Crippen LogP contribution is 2.18. The summed E-state index contributed by atoms with van der Waals surface area (Å²) in [5.41, 5.74) is 3.24. The lowest BCUT2D eigenvalue weighted by atomic mass is 10.3. The van der Waals surface area contributed by atoms with Crippen molar-refractivity contribution < 1.29 is 0 Å². The predicted molar refractivity (Wildman–Crippen MR) is 91.9 cm³/mol. The van der Waals surface area contributed by atoms with E-state index in [0.717, 1.165) is 22.1 Å². The fourth-order valence-corrected chi connectivity index (χ4v) is 2.82. The maximum Gasteiger partial charge on any atom is 0.258 e. The lowest BCUT2D eigenvalue weighted by Crippen LogP contribution is -2.09. The minimum absolute atomic E-state index is 0.0670. The Kier molecular flexibility index (Phi) is 2.98. The van der Waals surface area contributed by atoms with Crippen molar-refractivity contribution in [2.24, 2.45) is 0 Å². The van der Waals surface area contributed by atoms with Gasteiger partial charge in [0, 0.05) is 0 Å². The van der Waals surface area contributed by atoms with Crippen LogP contribution in [-0.2, 0) is 0 Å². The average molecular weight is 349 g/mol. The Labute approximate surface area is 145 Å². The summed E-state index contributed by atoms with van der Waals surface area (Å²) in [4.78, 5) is 17.3. The molecule has 9 heteroatoms. The molecule has 0 unspecified atom stereocenters. The van der Waals surface area contributed by atoms with Gasteiger partial charge in [-0.05, 0) is 35.9 Å². The fraction of sp³-hybridized carbons (Fsp3) is 0. The van der Waals surface area contributed by atoms with Crippen molar-refractivity contribution in [3.05, 3.63) is 60.1 Å². The first-order valence-corrected chi connectivity index (χ1v) is 7.82. The molecular weight excluding hydrogens is 340 g/mol. The van der Waals surface area contributed by atoms with Crippen molar-refractivity contribution in [2.75, 3.05) is 0 Å². The lowest BCUT2D eigenvalue weighted by molar-refractivity contribution is 0.753. The Morgan fingerprint density at radius 2 is 1.48 bits per heavy atom. The standard InChI is InChI=1S/C16H9ClN8/c17-14-19-15(24-9-18-10-5-1-3-7-12(10)24)21-16(20-14)25-13-8-4-2-6-11(13)22-23-25/h1-9H. The van der Waals surface area contributed by atoms with Crippen LogP contribution in [0.25, 0.3) is 34.0 Å². The highest BCUT2D eigenvalue weighted by molar-refractivity contribution is 6.28. The monoisotopic (exact) mass is 348 g/mol. The van der Waals surface area contributed by atoms with Crippen LogP contribution in [0.15, 0.2) is 54.9 Å². The molecule has 0 N–H and O–H groups in total. The van der Waals surface area contributed by atoms with Crippen LogP contribution >= 0.6 is 11.6 Å². The van der Waals surface area contributed by atoms with E-state index in [-0.39, 0.29) is 5.28 Å². The average Bonchev–Trinajstić information content (AvgIpc) is 3.25. The highest BCUT2D eigenvalue weighted by Gasteiger charge is 2.14. The molecule has 25 heavy (non-hydrogen) atoms.